The van der Waals surface area contributed by atoms with Crippen LogP contribution in [0.25, 0.3) is 56.0 Å². The lowest BCUT2D eigenvalue weighted by Crippen LogP contribution is -2.18. The third-order valence-electron chi connectivity index (χ3n) is 6.93. The molecule has 5 aromatic heterocycles. The van der Waals surface area contributed by atoms with Gasteiger partial charge in [0.05, 0.1) is 22.1 Å². The van der Waals surface area contributed by atoms with Gasteiger partial charge >= 0.3 is 0 Å². The van der Waals surface area contributed by atoms with Crippen molar-refractivity contribution in [3.05, 3.63) is 78.6 Å². The highest BCUT2D eigenvalue weighted by Crippen LogP contribution is 2.35. The monoisotopic (exact) mass is 490 g/mol. The average molecular weight is 491 g/mol. The highest BCUT2D eigenvalue weighted by atomic mass is 19.1. The second-order valence-electron chi connectivity index (χ2n) is 9.34. The molecular weight excluding hydrogens is 467 g/mol. The van der Waals surface area contributed by atoms with Gasteiger partial charge in [-0.1, -0.05) is 6.07 Å². The molecule has 1 aromatic carbocycles. The van der Waals surface area contributed by atoms with E-state index < -0.39 is 0 Å². The number of nitrogens with zero attached hydrogens (tertiary/aromatic N) is 6. The van der Waals surface area contributed by atoms with E-state index in [0.717, 1.165) is 47.5 Å². The Balaban J connectivity index is 1.32. The van der Waals surface area contributed by atoms with E-state index in [2.05, 4.69) is 40.0 Å². The van der Waals surface area contributed by atoms with Crippen molar-refractivity contribution in [3.8, 4) is 33.9 Å². The van der Waals surface area contributed by atoms with Crippen molar-refractivity contribution in [1.29, 1.82) is 0 Å². The number of aromatic nitrogens is 7. The van der Waals surface area contributed by atoms with E-state index in [1.54, 1.807) is 24.7 Å². The highest BCUT2D eigenvalue weighted by molar-refractivity contribution is 5.97. The minimum atomic E-state index is -0.361. The summed E-state index contributed by atoms with van der Waals surface area (Å²) in [7, 11) is 0. The molecule has 7 rings (SSSR count). The third kappa shape index (κ3) is 3.84. The summed E-state index contributed by atoms with van der Waals surface area (Å²) in [5, 5.41) is 7.75. The largest absolute Gasteiger partial charge is 0.335 e. The molecule has 0 unspecified atom stereocenters. The molecule has 0 aliphatic carbocycles. The van der Waals surface area contributed by atoms with E-state index in [-0.39, 0.29) is 5.82 Å². The summed E-state index contributed by atoms with van der Waals surface area (Å²) < 4.78 is 16.1. The Kier molecular flexibility index (Phi) is 5.21. The summed E-state index contributed by atoms with van der Waals surface area (Å²) in [5.41, 5.74) is 6.21. The zero-order chi connectivity index (χ0) is 24.8. The molecular formula is C28H23FN8. The summed E-state index contributed by atoms with van der Waals surface area (Å²) in [6.45, 7) is 3.01. The van der Waals surface area contributed by atoms with Gasteiger partial charge in [0.25, 0.3) is 0 Å². The normalized spacial score (nSPS) is 14.2. The van der Waals surface area contributed by atoms with Crippen LogP contribution in [0.4, 0.5) is 4.39 Å². The molecule has 0 radical (unpaired) electrons. The lowest BCUT2D eigenvalue weighted by atomic mass is 10.0. The van der Waals surface area contributed by atoms with Gasteiger partial charge in [0.2, 0.25) is 0 Å². The number of nitrogens with one attached hydrogen (secondary N) is 2. The first-order valence-electron chi connectivity index (χ1n) is 12.3. The Labute approximate surface area is 211 Å². The van der Waals surface area contributed by atoms with Crippen LogP contribution in [-0.2, 0) is 6.54 Å². The lowest BCUT2D eigenvalue weighted by Gasteiger charge is -2.15. The molecule has 1 saturated heterocycles. The van der Waals surface area contributed by atoms with Crippen molar-refractivity contribution in [1.82, 2.24) is 40.0 Å². The van der Waals surface area contributed by atoms with Crippen LogP contribution >= 0.6 is 0 Å². The Morgan fingerprint density at radius 1 is 0.946 bits per heavy atom. The molecule has 0 bridgehead atoms. The third-order valence-corrected chi connectivity index (χ3v) is 6.93. The van der Waals surface area contributed by atoms with Gasteiger partial charge in [-0.2, -0.15) is 5.10 Å². The van der Waals surface area contributed by atoms with Crippen molar-refractivity contribution in [2.75, 3.05) is 13.1 Å². The van der Waals surface area contributed by atoms with Crippen LogP contribution in [0, 0.1) is 5.82 Å². The topological polar surface area (TPSA) is 99.3 Å². The van der Waals surface area contributed by atoms with Crippen LogP contribution in [0.5, 0.6) is 0 Å². The lowest BCUT2D eigenvalue weighted by molar-refractivity contribution is 0.331. The van der Waals surface area contributed by atoms with Gasteiger partial charge in [-0.15, -0.1) is 0 Å². The Bertz CT molecular complexity index is 1730. The van der Waals surface area contributed by atoms with Crippen LogP contribution in [0.15, 0.2) is 67.3 Å². The van der Waals surface area contributed by atoms with E-state index in [1.807, 2.05) is 42.6 Å². The fourth-order valence-electron chi connectivity index (χ4n) is 5.15. The van der Waals surface area contributed by atoms with E-state index in [4.69, 9.17) is 0 Å². The summed E-state index contributed by atoms with van der Waals surface area (Å²) in [6, 6.07) is 13.3. The molecule has 0 saturated carbocycles. The van der Waals surface area contributed by atoms with E-state index in [1.165, 1.54) is 12.8 Å². The van der Waals surface area contributed by atoms with Crippen LogP contribution in [-0.4, -0.2) is 53.1 Å². The SMILES string of the molecule is Fc1c(-c2cncc(CN3CCCC3)c2)ccc2[nH]nc(-c3nc4nccc(-c5ccccn5)c4[nH]3)c12. The van der Waals surface area contributed by atoms with Gasteiger partial charge in [0.1, 0.15) is 11.5 Å². The summed E-state index contributed by atoms with van der Waals surface area (Å²) >= 11 is 0. The second-order valence-corrected chi connectivity index (χ2v) is 9.34. The molecule has 1 fully saturated rings. The van der Waals surface area contributed by atoms with Crippen molar-refractivity contribution >= 4 is 22.1 Å². The molecule has 9 heteroatoms. The zero-order valence-electron chi connectivity index (χ0n) is 19.9. The van der Waals surface area contributed by atoms with Crippen molar-refractivity contribution < 1.29 is 4.39 Å². The molecule has 0 amide bonds. The molecule has 0 spiro atoms. The molecule has 1 aliphatic heterocycles. The number of hydrogen-bond acceptors (Lipinski definition) is 6. The molecule has 0 atom stereocenters. The number of benzene rings is 1. The van der Waals surface area contributed by atoms with Crippen LogP contribution in [0.3, 0.4) is 0 Å². The Hall–Kier alpha value is -4.50. The first-order valence-corrected chi connectivity index (χ1v) is 12.3. The highest BCUT2D eigenvalue weighted by Gasteiger charge is 2.21. The van der Waals surface area contributed by atoms with Gasteiger partial charge in [-0.05, 0) is 67.9 Å². The maximum atomic E-state index is 16.1. The van der Waals surface area contributed by atoms with Gasteiger partial charge in [0, 0.05) is 48.0 Å². The molecule has 8 nitrogen and oxygen atoms in total. The smallest absolute Gasteiger partial charge is 0.178 e. The van der Waals surface area contributed by atoms with E-state index >= 15 is 4.39 Å². The van der Waals surface area contributed by atoms with Crippen molar-refractivity contribution in [3.63, 3.8) is 0 Å². The number of H-pyrrole nitrogens is 2. The summed E-state index contributed by atoms with van der Waals surface area (Å²) in [4.78, 5) is 23.6. The molecule has 182 valence electrons. The molecule has 6 heterocycles. The van der Waals surface area contributed by atoms with E-state index in [9.17, 15) is 0 Å². The predicted molar refractivity (Wildman–Crippen MR) is 140 cm³/mol. The molecule has 6 aromatic rings. The van der Waals surface area contributed by atoms with Gasteiger partial charge < -0.3 is 4.98 Å². The first-order chi connectivity index (χ1) is 18.2. The van der Waals surface area contributed by atoms with Crippen LogP contribution in [0.1, 0.15) is 18.4 Å². The number of fused-ring (bicyclic) bond motifs is 2. The minimum Gasteiger partial charge on any atom is -0.335 e. The van der Waals surface area contributed by atoms with Crippen molar-refractivity contribution in [2.45, 2.75) is 19.4 Å². The number of likely N-dealkylation sites (tertiary alicyclic amines) is 1. The number of rotatable bonds is 5. The number of hydrogen-bond donors (Lipinski definition) is 2. The fourth-order valence-corrected chi connectivity index (χ4v) is 5.15. The minimum absolute atomic E-state index is 0.361. The summed E-state index contributed by atoms with van der Waals surface area (Å²) in [5.74, 6) is 0.0776. The second kappa shape index (κ2) is 8.86. The Morgan fingerprint density at radius 2 is 1.86 bits per heavy atom. The number of imidazole rings is 1. The molecule has 1 aliphatic rings. The molecule has 37 heavy (non-hydrogen) atoms. The number of halogens is 1. The maximum absolute atomic E-state index is 16.1. The van der Waals surface area contributed by atoms with Crippen molar-refractivity contribution in [2.24, 2.45) is 0 Å². The van der Waals surface area contributed by atoms with Gasteiger partial charge in [-0.25, -0.2) is 14.4 Å². The first kappa shape index (κ1) is 21.8. The van der Waals surface area contributed by atoms with E-state index in [0.29, 0.717) is 33.6 Å². The quantitative estimate of drug-likeness (QED) is 0.338. The molecule has 2 N–H and O–H groups in total. The Morgan fingerprint density at radius 3 is 2.73 bits per heavy atom. The fraction of sp³-hybridized carbons (Fsp3) is 0.179. The number of pyridine rings is 3. The standard InChI is InChI=1S/C28H23FN8/c29-24-19(18-13-17(14-30-15-18)16-37-11-3-4-12-37)6-7-22-23(24)26(36-35-22)28-33-25-20(8-10-32-27(25)34-28)21-5-1-2-9-31-21/h1-2,5-10,13-15H,3-4,11-12,16H2,(H,35,36)(H,32,33,34). The average Bonchev–Trinajstić information content (AvgIpc) is 3.69. The maximum Gasteiger partial charge on any atom is 0.178 e. The number of aromatic amines is 2. The van der Waals surface area contributed by atoms with Crippen LogP contribution in [0.2, 0.25) is 0 Å². The van der Waals surface area contributed by atoms with Crippen LogP contribution < -0.4 is 0 Å². The van der Waals surface area contributed by atoms with Gasteiger partial charge in [-0.3, -0.25) is 20.0 Å². The predicted octanol–water partition coefficient (Wildman–Crippen LogP) is 5.36. The van der Waals surface area contributed by atoms with Gasteiger partial charge in [0.15, 0.2) is 11.5 Å². The zero-order valence-corrected chi connectivity index (χ0v) is 19.9. The summed E-state index contributed by atoms with van der Waals surface area (Å²) in [6.07, 6.45) is 9.46.